The Morgan fingerprint density at radius 1 is 0.875 bits per heavy atom. The molecule has 0 saturated heterocycles. The summed E-state index contributed by atoms with van der Waals surface area (Å²) in [5.74, 6) is 2.50. The Bertz CT molecular complexity index is 643. The molecule has 130 valence electrons. The van der Waals surface area contributed by atoms with Gasteiger partial charge >= 0.3 is 0 Å². The number of para-hydroxylation sites is 1. The van der Waals surface area contributed by atoms with Gasteiger partial charge in [0.25, 0.3) is 0 Å². The summed E-state index contributed by atoms with van der Waals surface area (Å²) in [4.78, 5) is 0. The molecule has 0 saturated carbocycles. The van der Waals surface area contributed by atoms with Crippen LogP contribution in [0.25, 0.3) is 0 Å². The molecule has 0 heterocycles. The molecule has 0 bridgehead atoms. The Hall–Kier alpha value is -1.78. The first kappa shape index (κ1) is 18.6. The maximum Gasteiger partial charge on any atom is 0.203 e. The van der Waals surface area contributed by atoms with E-state index in [1.807, 2.05) is 31.2 Å². The molecule has 0 aliphatic heterocycles. The summed E-state index contributed by atoms with van der Waals surface area (Å²) in [7, 11) is 3.19. The Morgan fingerprint density at radius 3 is 2.00 bits per heavy atom. The van der Waals surface area contributed by atoms with Gasteiger partial charge in [0.2, 0.25) is 5.75 Å². The van der Waals surface area contributed by atoms with E-state index in [1.165, 1.54) is 0 Å². The SMILES string of the molecule is COc1cccc(OC)c1OCCCOc1c(C)cc(Cl)cc1Cl. The molecule has 6 heteroatoms. The van der Waals surface area contributed by atoms with Gasteiger partial charge in [-0.15, -0.1) is 0 Å². The fourth-order valence-electron chi connectivity index (χ4n) is 2.24. The van der Waals surface area contributed by atoms with Gasteiger partial charge in [0, 0.05) is 11.4 Å². The highest BCUT2D eigenvalue weighted by Gasteiger charge is 2.11. The van der Waals surface area contributed by atoms with Crippen LogP contribution in [0.1, 0.15) is 12.0 Å². The average Bonchev–Trinajstić information content (AvgIpc) is 2.56. The molecule has 0 radical (unpaired) electrons. The maximum absolute atomic E-state index is 6.15. The molecule has 4 nitrogen and oxygen atoms in total. The molecule has 0 amide bonds. The smallest absolute Gasteiger partial charge is 0.203 e. The molecule has 2 aromatic rings. The Labute approximate surface area is 152 Å². The van der Waals surface area contributed by atoms with E-state index < -0.39 is 0 Å². The summed E-state index contributed by atoms with van der Waals surface area (Å²) in [6.07, 6.45) is 0.680. The van der Waals surface area contributed by atoms with Crippen molar-refractivity contribution in [2.45, 2.75) is 13.3 Å². The summed E-state index contributed by atoms with van der Waals surface area (Å²) in [6.45, 7) is 2.84. The average molecular weight is 371 g/mol. The van der Waals surface area contributed by atoms with Crippen LogP contribution in [0.2, 0.25) is 10.0 Å². The minimum absolute atomic E-state index is 0.459. The van der Waals surface area contributed by atoms with Crippen LogP contribution in [0.15, 0.2) is 30.3 Å². The van der Waals surface area contributed by atoms with Gasteiger partial charge in [-0.2, -0.15) is 0 Å². The second-order valence-electron chi connectivity index (χ2n) is 5.08. The minimum atomic E-state index is 0.459. The van der Waals surface area contributed by atoms with Gasteiger partial charge in [0.05, 0.1) is 32.5 Å². The van der Waals surface area contributed by atoms with Crippen LogP contribution < -0.4 is 18.9 Å². The molecule has 0 aliphatic rings. The van der Waals surface area contributed by atoms with E-state index in [9.17, 15) is 0 Å². The summed E-state index contributed by atoms with van der Waals surface area (Å²) in [6, 6.07) is 8.98. The van der Waals surface area contributed by atoms with E-state index in [-0.39, 0.29) is 0 Å². The largest absolute Gasteiger partial charge is 0.493 e. The van der Waals surface area contributed by atoms with Crippen molar-refractivity contribution in [2.24, 2.45) is 0 Å². The fraction of sp³-hybridized carbons (Fsp3) is 0.333. The monoisotopic (exact) mass is 370 g/mol. The molecule has 0 aliphatic carbocycles. The van der Waals surface area contributed by atoms with Gasteiger partial charge in [0.15, 0.2) is 11.5 Å². The first-order valence-electron chi connectivity index (χ1n) is 7.49. The summed E-state index contributed by atoms with van der Waals surface area (Å²) >= 11 is 12.1. The van der Waals surface area contributed by atoms with E-state index in [4.69, 9.17) is 42.1 Å². The zero-order valence-electron chi connectivity index (χ0n) is 13.9. The molecule has 0 fully saturated rings. The van der Waals surface area contributed by atoms with Crippen molar-refractivity contribution in [3.63, 3.8) is 0 Å². The zero-order chi connectivity index (χ0) is 17.5. The van der Waals surface area contributed by atoms with Crippen molar-refractivity contribution in [3.05, 3.63) is 45.9 Å². The molecule has 2 aromatic carbocycles. The normalized spacial score (nSPS) is 10.4. The number of ether oxygens (including phenoxy) is 4. The molecule has 0 spiro atoms. The van der Waals surface area contributed by atoms with Crippen LogP contribution in [0, 0.1) is 6.92 Å². The van der Waals surface area contributed by atoms with E-state index >= 15 is 0 Å². The predicted octanol–water partition coefficient (Wildman–Crippen LogP) is 5.17. The highest BCUT2D eigenvalue weighted by Crippen LogP contribution is 2.37. The van der Waals surface area contributed by atoms with Gasteiger partial charge < -0.3 is 18.9 Å². The standard InChI is InChI=1S/C18H20Cl2O4/c1-12-10-13(19)11-14(20)17(12)23-8-5-9-24-18-15(21-2)6-4-7-16(18)22-3/h4,6-7,10-11H,5,8-9H2,1-3H3. The van der Waals surface area contributed by atoms with Crippen LogP contribution in [0.3, 0.4) is 0 Å². The number of halogens is 2. The van der Waals surface area contributed by atoms with Gasteiger partial charge in [-0.05, 0) is 36.8 Å². The molecule has 2 rings (SSSR count). The van der Waals surface area contributed by atoms with Crippen molar-refractivity contribution in [1.29, 1.82) is 0 Å². The van der Waals surface area contributed by atoms with E-state index in [0.29, 0.717) is 52.7 Å². The number of benzene rings is 2. The molecule has 0 unspecified atom stereocenters. The predicted molar refractivity (Wildman–Crippen MR) is 96.4 cm³/mol. The van der Waals surface area contributed by atoms with E-state index in [2.05, 4.69) is 0 Å². The van der Waals surface area contributed by atoms with Crippen molar-refractivity contribution in [3.8, 4) is 23.0 Å². The van der Waals surface area contributed by atoms with Crippen molar-refractivity contribution >= 4 is 23.2 Å². The van der Waals surface area contributed by atoms with Crippen LogP contribution in [0.5, 0.6) is 23.0 Å². The third-order valence-electron chi connectivity index (χ3n) is 3.36. The van der Waals surface area contributed by atoms with Crippen LogP contribution in [-0.4, -0.2) is 27.4 Å². The van der Waals surface area contributed by atoms with Gasteiger partial charge in [-0.3, -0.25) is 0 Å². The lowest BCUT2D eigenvalue weighted by Gasteiger charge is -2.15. The van der Waals surface area contributed by atoms with Gasteiger partial charge in [-0.25, -0.2) is 0 Å². The minimum Gasteiger partial charge on any atom is -0.493 e. The lowest BCUT2D eigenvalue weighted by atomic mass is 10.2. The third-order valence-corrected chi connectivity index (χ3v) is 3.86. The second-order valence-corrected chi connectivity index (χ2v) is 5.92. The molecule has 0 atom stereocenters. The Morgan fingerprint density at radius 2 is 1.46 bits per heavy atom. The van der Waals surface area contributed by atoms with Crippen LogP contribution in [-0.2, 0) is 0 Å². The maximum atomic E-state index is 6.15. The lowest BCUT2D eigenvalue weighted by molar-refractivity contribution is 0.232. The van der Waals surface area contributed by atoms with Gasteiger partial charge in [-0.1, -0.05) is 29.3 Å². The Kier molecular flexibility index (Phi) is 6.88. The Balaban J connectivity index is 1.88. The highest BCUT2D eigenvalue weighted by atomic mass is 35.5. The molecule has 24 heavy (non-hydrogen) atoms. The van der Waals surface area contributed by atoms with Crippen LogP contribution in [0.4, 0.5) is 0 Å². The fourth-order valence-corrected chi connectivity index (χ4v) is 2.89. The summed E-state index contributed by atoms with van der Waals surface area (Å²) in [5.41, 5.74) is 0.903. The van der Waals surface area contributed by atoms with Gasteiger partial charge in [0.1, 0.15) is 5.75 Å². The zero-order valence-corrected chi connectivity index (χ0v) is 15.4. The first-order chi connectivity index (χ1) is 11.6. The first-order valence-corrected chi connectivity index (χ1v) is 8.24. The molecule has 0 aromatic heterocycles. The molecule has 0 N–H and O–H groups in total. The van der Waals surface area contributed by atoms with Crippen molar-refractivity contribution in [2.75, 3.05) is 27.4 Å². The summed E-state index contributed by atoms with van der Waals surface area (Å²) < 4.78 is 22.1. The molecular formula is C18H20Cl2O4. The lowest BCUT2D eigenvalue weighted by Crippen LogP contribution is -2.07. The van der Waals surface area contributed by atoms with E-state index in [1.54, 1.807) is 20.3 Å². The third kappa shape index (κ3) is 4.62. The number of rotatable bonds is 8. The number of hydrogen-bond acceptors (Lipinski definition) is 4. The van der Waals surface area contributed by atoms with Crippen molar-refractivity contribution < 1.29 is 18.9 Å². The number of hydrogen-bond donors (Lipinski definition) is 0. The quantitative estimate of drug-likeness (QED) is 0.600. The van der Waals surface area contributed by atoms with Crippen molar-refractivity contribution in [1.82, 2.24) is 0 Å². The number of aryl methyl sites for hydroxylation is 1. The summed E-state index contributed by atoms with van der Waals surface area (Å²) in [5, 5.41) is 1.10. The highest BCUT2D eigenvalue weighted by molar-refractivity contribution is 6.35. The van der Waals surface area contributed by atoms with Crippen LogP contribution >= 0.6 is 23.2 Å². The number of methoxy groups -OCH3 is 2. The molecular weight excluding hydrogens is 351 g/mol. The second kappa shape index (κ2) is 8.90. The van der Waals surface area contributed by atoms with E-state index in [0.717, 1.165) is 5.56 Å². The topological polar surface area (TPSA) is 36.9 Å².